The summed E-state index contributed by atoms with van der Waals surface area (Å²) in [5.74, 6) is 0.0469. The van der Waals surface area contributed by atoms with Crippen molar-refractivity contribution in [2.75, 3.05) is 13.1 Å². The fraction of sp³-hybridized carbons (Fsp3) is 0.900. The lowest BCUT2D eigenvalue weighted by molar-refractivity contribution is -0.126. The third kappa shape index (κ3) is 1.70. The molecular formula is C10H18N2O. The molecule has 74 valence electrons. The maximum absolute atomic E-state index is 11.2. The molecule has 0 radical (unpaired) electrons. The second-order valence-electron chi connectivity index (χ2n) is 4.25. The van der Waals surface area contributed by atoms with Crippen molar-refractivity contribution in [3.05, 3.63) is 0 Å². The van der Waals surface area contributed by atoms with Crippen LogP contribution in [-0.4, -0.2) is 29.9 Å². The maximum Gasteiger partial charge on any atom is 0.222 e. The van der Waals surface area contributed by atoms with Gasteiger partial charge in [0.15, 0.2) is 0 Å². The SMILES string of the molecule is NC(=O)C1CCCC[C@@H]1N1CCC1. The number of amides is 1. The van der Waals surface area contributed by atoms with Crippen molar-refractivity contribution in [2.24, 2.45) is 11.7 Å². The van der Waals surface area contributed by atoms with Gasteiger partial charge in [-0.25, -0.2) is 0 Å². The normalized spacial score (nSPS) is 35.4. The van der Waals surface area contributed by atoms with Crippen molar-refractivity contribution in [3.63, 3.8) is 0 Å². The van der Waals surface area contributed by atoms with E-state index < -0.39 is 0 Å². The van der Waals surface area contributed by atoms with Crippen molar-refractivity contribution >= 4 is 5.91 Å². The summed E-state index contributed by atoms with van der Waals surface area (Å²) in [6.07, 6.45) is 5.93. The third-order valence-electron chi connectivity index (χ3n) is 3.45. The van der Waals surface area contributed by atoms with Crippen LogP contribution in [0, 0.1) is 5.92 Å². The van der Waals surface area contributed by atoms with Gasteiger partial charge in [0.05, 0.1) is 5.92 Å². The largest absolute Gasteiger partial charge is 0.369 e. The molecule has 0 aromatic heterocycles. The highest BCUT2D eigenvalue weighted by atomic mass is 16.1. The minimum absolute atomic E-state index is 0.0865. The first-order valence-electron chi connectivity index (χ1n) is 5.32. The van der Waals surface area contributed by atoms with Gasteiger partial charge in [0.25, 0.3) is 0 Å². The van der Waals surface area contributed by atoms with Gasteiger partial charge in [0.2, 0.25) is 5.91 Å². The minimum atomic E-state index is -0.0865. The lowest BCUT2D eigenvalue weighted by atomic mass is 9.82. The average molecular weight is 182 g/mol. The molecule has 3 heteroatoms. The van der Waals surface area contributed by atoms with Crippen LogP contribution in [0.15, 0.2) is 0 Å². The highest BCUT2D eigenvalue weighted by Crippen LogP contribution is 2.30. The van der Waals surface area contributed by atoms with Crippen LogP contribution < -0.4 is 5.73 Å². The summed E-state index contributed by atoms with van der Waals surface area (Å²) >= 11 is 0. The van der Waals surface area contributed by atoms with Crippen molar-refractivity contribution in [1.82, 2.24) is 4.90 Å². The van der Waals surface area contributed by atoms with Crippen LogP contribution in [0.4, 0.5) is 0 Å². The molecule has 1 amide bonds. The van der Waals surface area contributed by atoms with Crippen molar-refractivity contribution in [1.29, 1.82) is 0 Å². The Labute approximate surface area is 79.3 Å². The van der Waals surface area contributed by atoms with Crippen LogP contribution in [0.5, 0.6) is 0 Å². The van der Waals surface area contributed by atoms with Crippen LogP contribution in [0.1, 0.15) is 32.1 Å². The fourth-order valence-electron chi connectivity index (χ4n) is 2.55. The molecule has 0 bridgehead atoms. The van der Waals surface area contributed by atoms with Crippen LogP contribution in [-0.2, 0) is 4.79 Å². The van der Waals surface area contributed by atoms with Crippen molar-refractivity contribution < 1.29 is 4.79 Å². The Morgan fingerprint density at radius 3 is 2.38 bits per heavy atom. The number of nitrogens with zero attached hydrogens (tertiary/aromatic N) is 1. The molecule has 0 spiro atoms. The van der Waals surface area contributed by atoms with Crippen LogP contribution in [0.25, 0.3) is 0 Å². The molecule has 0 aromatic carbocycles. The van der Waals surface area contributed by atoms with Gasteiger partial charge in [0, 0.05) is 6.04 Å². The van der Waals surface area contributed by atoms with Crippen molar-refractivity contribution in [3.8, 4) is 0 Å². The van der Waals surface area contributed by atoms with E-state index in [1.165, 1.54) is 38.8 Å². The average Bonchev–Trinajstić information content (AvgIpc) is 2.02. The number of rotatable bonds is 2. The van der Waals surface area contributed by atoms with Gasteiger partial charge >= 0.3 is 0 Å². The lowest BCUT2D eigenvalue weighted by Crippen LogP contribution is -2.52. The summed E-state index contributed by atoms with van der Waals surface area (Å²) in [5.41, 5.74) is 5.41. The maximum atomic E-state index is 11.2. The number of nitrogens with two attached hydrogens (primary N) is 1. The summed E-state index contributed by atoms with van der Waals surface area (Å²) in [6, 6.07) is 0.472. The number of hydrogen-bond acceptors (Lipinski definition) is 2. The van der Waals surface area contributed by atoms with Gasteiger partial charge < -0.3 is 5.73 Å². The molecule has 1 heterocycles. The highest BCUT2D eigenvalue weighted by Gasteiger charge is 2.35. The Morgan fingerprint density at radius 1 is 1.15 bits per heavy atom. The topological polar surface area (TPSA) is 46.3 Å². The highest BCUT2D eigenvalue weighted by molar-refractivity contribution is 5.77. The van der Waals surface area contributed by atoms with Gasteiger partial charge in [0.1, 0.15) is 0 Å². The van der Waals surface area contributed by atoms with E-state index in [9.17, 15) is 4.79 Å². The Morgan fingerprint density at radius 2 is 1.85 bits per heavy atom. The van der Waals surface area contributed by atoms with Gasteiger partial charge in [-0.05, 0) is 32.4 Å². The first-order valence-corrected chi connectivity index (χ1v) is 5.32. The molecular weight excluding hydrogens is 164 g/mol. The number of carbonyl (C=O) groups excluding carboxylic acids is 1. The molecule has 1 aliphatic carbocycles. The Kier molecular flexibility index (Phi) is 2.54. The van der Waals surface area contributed by atoms with Crippen LogP contribution in [0.3, 0.4) is 0 Å². The molecule has 1 aliphatic heterocycles. The van der Waals surface area contributed by atoms with E-state index in [-0.39, 0.29) is 11.8 Å². The van der Waals surface area contributed by atoms with E-state index in [2.05, 4.69) is 4.90 Å². The Hall–Kier alpha value is -0.570. The summed E-state index contributed by atoms with van der Waals surface area (Å²) in [6.45, 7) is 2.35. The predicted octanol–water partition coefficient (Wildman–Crippen LogP) is 0.736. The lowest BCUT2D eigenvalue weighted by Gasteiger charge is -2.43. The quantitative estimate of drug-likeness (QED) is 0.684. The molecule has 1 unspecified atom stereocenters. The zero-order valence-electron chi connectivity index (χ0n) is 8.04. The molecule has 2 rings (SSSR count). The van der Waals surface area contributed by atoms with Crippen LogP contribution in [0.2, 0.25) is 0 Å². The fourth-order valence-corrected chi connectivity index (χ4v) is 2.55. The zero-order chi connectivity index (χ0) is 9.26. The standard InChI is InChI=1S/C10H18N2O/c11-10(13)8-4-1-2-5-9(8)12-6-3-7-12/h8-9H,1-7H2,(H2,11,13)/t8?,9-/m0/s1. The molecule has 13 heavy (non-hydrogen) atoms. The summed E-state index contributed by atoms with van der Waals surface area (Å²) in [7, 11) is 0. The molecule has 2 atom stereocenters. The molecule has 1 saturated heterocycles. The zero-order valence-corrected chi connectivity index (χ0v) is 8.04. The van der Waals surface area contributed by atoms with Gasteiger partial charge in [-0.3, -0.25) is 9.69 Å². The Bertz CT molecular complexity index is 201. The second kappa shape index (κ2) is 3.66. The van der Waals surface area contributed by atoms with E-state index in [1.807, 2.05) is 0 Å². The smallest absolute Gasteiger partial charge is 0.222 e. The monoisotopic (exact) mass is 182 g/mol. The summed E-state index contributed by atoms with van der Waals surface area (Å²) in [4.78, 5) is 13.6. The van der Waals surface area contributed by atoms with Gasteiger partial charge in [-0.15, -0.1) is 0 Å². The molecule has 3 nitrogen and oxygen atoms in total. The van der Waals surface area contributed by atoms with E-state index in [1.54, 1.807) is 0 Å². The molecule has 2 fully saturated rings. The molecule has 2 aliphatic rings. The predicted molar refractivity (Wildman–Crippen MR) is 51.1 cm³/mol. The number of carbonyl (C=O) groups is 1. The first kappa shape index (κ1) is 9.00. The van der Waals surface area contributed by atoms with Crippen LogP contribution >= 0.6 is 0 Å². The summed E-state index contributed by atoms with van der Waals surface area (Å²) < 4.78 is 0. The third-order valence-corrected chi connectivity index (χ3v) is 3.45. The van der Waals surface area contributed by atoms with E-state index in [0.717, 1.165) is 6.42 Å². The molecule has 0 aromatic rings. The van der Waals surface area contributed by atoms with Gasteiger partial charge in [-0.2, -0.15) is 0 Å². The van der Waals surface area contributed by atoms with E-state index >= 15 is 0 Å². The second-order valence-corrected chi connectivity index (χ2v) is 4.25. The Balaban J connectivity index is 1.99. The van der Waals surface area contributed by atoms with E-state index in [4.69, 9.17) is 5.73 Å². The minimum Gasteiger partial charge on any atom is -0.369 e. The number of hydrogen-bond donors (Lipinski definition) is 1. The van der Waals surface area contributed by atoms with Gasteiger partial charge in [-0.1, -0.05) is 12.8 Å². The number of primary amides is 1. The first-order chi connectivity index (χ1) is 6.29. The summed E-state index contributed by atoms with van der Waals surface area (Å²) in [5, 5.41) is 0. The van der Waals surface area contributed by atoms with Crippen molar-refractivity contribution in [2.45, 2.75) is 38.1 Å². The number of likely N-dealkylation sites (tertiary alicyclic amines) is 1. The van der Waals surface area contributed by atoms with E-state index in [0.29, 0.717) is 6.04 Å². The molecule has 2 N–H and O–H groups in total. The molecule has 1 saturated carbocycles.